The Morgan fingerprint density at radius 2 is 2.13 bits per heavy atom. The average molecular weight is 209 g/mol. The van der Waals surface area contributed by atoms with E-state index in [1.165, 1.54) is 6.07 Å². The first-order valence-corrected chi connectivity index (χ1v) is 5.03. The molecule has 0 saturated carbocycles. The van der Waals surface area contributed by atoms with Crippen molar-refractivity contribution in [1.29, 1.82) is 0 Å². The molecule has 0 saturated heterocycles. The summed E-state index contributed by atoms with van der Waals surface area (Å²) in [5, 5.41) is 28.6. The van der Waals surface area contributed by atoms with Crippen LogP contribution in [0.4, 0.5) is 0 Å². The minimum atomic E-state index is -0.695. The quantitative estimate of drug-likeness (QED) is 0.532. The Morgan fingerprint density at radius 3 is 2.80 bits per heavy atom. The lowest BCUT2D eigenvalue weighted by Crippen LogP contribution is -2.33. The molecule has 82 valence electrons. The van der Waals surface area contributed by atoms with E-state index in [1.54, 1.807) is 6.07 Å². The summed E-state index contributed by atoms with van der Waals surface area (Å²) < 4.78 is 0. The van der Waals surface area contributed by atoms with Crippen molar-refractivity contribution in [3.8, 4) is 5.75 Å². The van der Waals surface area contributed by atoms with Gasteiger partial charge in [0.1, 0.15) is 5.75 Å². The molecular formula is C11H15NO3. The number of hydrogen-bond donors (Lipinski definition) is 4. The molecule has 0 amide bonds. The predicted molar refractivity (Wildman–Crippen MR) is 55.3 cm³/mol. The maximum absolute atomic E-state index is 9.85. The van der Waals surface area contributed by atoms with Crippen LogP contribution < -0.4 is 5.73 Å². The molecule has 0 unspecified atom stereocenters. The van der Waals surface area contributed by atoms with E-state index in [2.05, 4.69) is 0 Å². The van der Waals surface area contributed by atoms with E-state index >= 15 is 0 Å². The Labute approximate surface area is 88.0 Å². The van der Waals surface area contributed by atoms with Crippen LogP contribution in [0.2, 0.25) is 0 Å². The largest absolute Gasteiger partial charge is 0.508 e. The molecule has 15 heavy (non-hydrogen) atoms. The molecular weight excluding hydrogens is 194 g/mol. The fourth-order valence-electron chi connectivity index (χ4n) is 2.15. The Balaban J connectivity index is 2.53. The van der Waals surface area contributed by atoms with Gasteiger partial charge in [-0.3, -0.25) is 0 Å². The molecule has 1 aliphatic carbocycles. The van der Waals surface area contributed by atoms with Crippen molar-refractivity contribution >= 4 is 0 Å². The molecule has 0 heterocycles. The van der Waals surface area contributed by atoms with Crippen molar-refractivity contribution in [2.45, 2.75) is 31.6 Å². The number of nitrogens with two attached hydrogens (primary N) is 1. The van der Waals surface area contributed by atoms with E-state index in [0.29, 0.717) is 18.4 Å². The summed E-state index contributed by atoms with van der Waals surface area (Å²) in [6.07, 6.45) is 0.669. The van der Waals surface area contributed by atoms with Crippen LogP contribution in [0, 0.1) is 0 Å². The molecule has 0 aromatic heterocycles. The number of phenols is 1. The van der Waals surface area contributed by atoms with Gasteiger partial charge in [0.2, 0.25) is 0 Å². The average Bonchev–Trinajstić information content (AvgIpc) is 2.23. The van der Waals surface area contributed by atoms with E-state index < -0.39 is 6.10 Å². The lowest BCUT2D eigenvalue weighted by atomic mass is 9.83. The van der Waals surface area contributed by atoms with Crippen LogP contribution in [0.3, 0.4) is 0 Å². The Kier molecular flexibility index (Phi) is 2.65. The molecule has 1 aliphatic rings. The van der Waals surface area contributed by atoms with Gasteiger partial charge in [0.15, 0.2) is 0 Å². The van der Waals surface area contributed by atoms with Gasteiger partial charge in [0.25, 0.3) is 0 Å². The molecule has 2 rings (SSSR count). The minimum Gasteiger partial charge on any atom is -0.508 e. The SMILES string of the molecule is N[C@H]1CCc2c(ccc(O)c2CO)[C@@H]1O. The third-order valence-electron chi connectivity index (χ3n) is 3.05. The topological polar surface area (TPSA) is 86.7 Å². The van der Waals surface area contributed by atoms with Crippen molar-refractivity contribution < 1.29 is 15.3 Å². The van der Waals surface area contributed by atoms with Crippen LogP contribution in [0.25, 0.3) is 0 Å². The normalized spacial score (nSPS) is 25.0. The maximum atomic E-state index is 9.85. The molecule has 0 bridgehead atoms. The van der Waals surface area contributed by atoms with E-state index in [1.807, 2.05) is 0 Å². The fourth-order valence-corrected chi connectivity index (χ4v) is 2.15. The zero-order valence-electron chi connectivity index (χ0n) is 8.35. The Hall–Kier alpha value is -1.10. The van der Waals surface area contributed by atoms with Gasteiger partial charge >= 0.3 is 0 Å². The molecule has 1 aromatic rings. The molecule has 4 heteroatoms. The summed E-state index contributed by atoms with van der Waals surface area (Å²) in [5.74, 6) is 0.0823. The third-order valence-corrected chi connectivity index (χ3v) is 3.05. The summed E-state index contributed by atoms with van der Waals surface area (Å²) in [4.78, 5) is 0. The van der Waals surface area contributed by atoms with Gasteiger partial charge in [-0.25, -0.2) is 0 Å². The number of benzene rings is 1. The van der Waals surface area contributed by atoms with E-state index in [-0.39, 0.29) is 18.4 Å². The zero-order valence-corrected chi connectivity index (χ0v) is 8.35. The number of aliphatic hydroxyl groups excluding tert-OH is 2. The van der Waals surface area contributed by atoms with Crippen molar-refractivity contribution in [2.24, 2.45) is 5.73 Å². The van der Waals surface area contributed by atoms with Crippen molar-refractivity contribution in [3.63, 3.8) is 0 Å². The summed E-state index contributed by atoms with van der Waals surface area (Å²) in [7, 11) is 0. The molecule has 1 aromatic carbocycles. The zero-order chi connectivity index (χ0) is 11.0. The van der Waals surface area contributed by atoms with Crippen LogP contribution in [-0.4, -0.2) is 21.4 Å². The molecule has 0 aliphatic heterocycles. The van der Waals surface area contributed by atoms with Crippen molar-refractivity contribution in [2.75, 3.05) is 0 Å². The number of rotatable bonds is 1. The highest BCUT2D eigenvalue weighted by atomic mass is 16.3. The summed E-state index contributed by atoms with van der Waals surface area (Å²) in [6.45, 7) is -0.211. The standard InChI is InChI=1S/C11H15NO3/c12-9-3-1-6-7(11(9)15)2-4-10(14)8(6)5-13/h2,4,9,11,13-15H,1,3,5,12H2/t9-,11-/m0/s1. The van der Waals surface area contributed by atoms with Crippen LogP contribution >= 0.6 is 0 Å². The van der Waals surface area contributed by atoms with Gasteiger partial charge in [-0.2, -0.15) is 0 Å². The van der Waals surface area contributed by atoms with E-state index in [9.17, 15) is 10.2 Å². The predicted octanol–water partition coefficient (Wildman–Crippen LogP) is 0.191. The van der Waals surface area contributed by atoms with Crippen LogP contribution in [0.1, 0.15) is 29.2 Å². The van der Waals surface area contributed by atoms with Crippen LogP contribution in [-0.2, 0) is 13.0 Å². The van der Waals surface area contributed by atoms with Gasteiger partial charge in [-0.05, 0) is 30.0 Å². The highest BCUT2D eigenvalue weighted by molar-refractivity contribution is 5.46. The van der Waals surface area contributed by atoms with Crippen molar-refractivity contribution in [3.05, 3.63) is 28.8 Å². The second-order valence-corrected chi connectivity index (χ2v) is 3.94. The first kappa shape index (κ1) is 10.4. The lowest BCUT2D eigenvalue weighted by molar-refractivity contribution is 0.133. The Morgan fingerprint density at radius 1 is 1.40 bits per heavy atom. The first-order chi connectivity index (χ1) is 7.15. The van der Waals surface area contributed by atoms with Crippen LogP contribution in [0.15, 0.2) is 12.1 Å². The van der Waals surface area contributed by atoms with E-state index in [4.69, 9.17) is 10.8 Å². The van der Waals surface area contributed by atoms with Gasteiger partial charge in [-0.1, -0.05) is 6.07 Å². The number of fused-ring (bicyclic) bond motifs is 1. The molecule has 0 fully saturated rings. The smallest absolute Gasteiger partial charge is 0.121 e. The summed E-state index contributed by atoms with van der Waals surface area (Å²) in [6, 6.07) is 2.91. The van der Waals surface area contributed by atoms with Crippen LogP contribution in [0.5, 0.6) is 5.75 Å². The van der Waals surface area contributed by atoms with Crippen molar-refractivity contribution in [1.82, 2.24) is 0 Å². The third kappa shape index (κ3) is 1.61. The highest BCUT2D eigenvalue weighted by Gasteiger charge is 2.27. The highest BCUT2D eigenvalue weighted by Crippen LogP contribution is 2.34. The molecule has 0 spiro atoms. The minimum absolute atomic E-state index is 0.0823. The molecule has 4 nitrogen and oxygen atoms in total. The molecule has 0 radical (unpaired) electrons. The van der Waals surface area contributed by atoms with Gasteiger partial charge in [-0.15, -0.1) is 0 Å². The fraction of sp³-hybridized carbons (Fsp3) is 0.455. The van der Waals surface area contributed by atoms with Gasteiger partial charge < -0.3 is 21.1 Å². The van der Waals surface area contributed by atoms with Gasteiger partial charge in [0, 0.05) is 11.6 Å². The molecule has 2 atom stereocenters. The summed E-state index contributed by atoms with van der Waals surface area (Å²) in [5.41, 5.74) is 7.83. The lowest BCUT2D eigenvalue weighted by Gasteiger charge is -2.28. The number of aliphatic hydroxyl groups is 2. The second-order valence-electron chi connectivity index (χ2n) is 3.94. The van der Waals surface area contributed by atoms with E-state index in [0.717, 1.165) is 11.1 Å². The summed E-state index contributed by atoms with van der Waals surface area (Å²) >= 11 is 0. The molecule has 5 N–H and O–H groups in total. The maximum Gasteiger partial charge on any atom is 0.121 e. The monoisotopic (exact) mass is 209 g/mol. The second kappa shape index (κ2) is 3.81. The van der Waals surface area contributed by atoms with Gasteiger partial charge in [0.05, 0.1) is 12.7 Å². The first-order valence-electron chi connectivity index (χ1n) is 5.03. The number of aromatic hydroxyl groups is 1. The number of hydrogen-bond acceptors (Lipinski definition) is 4. The Bertz CT molecular complexity index is 378.